The monoisotopic (exact) mass is 410 g/mol. The van der Waals surface area contributed by atoms with Gasteiger partial charge in [0, 0.05) is 4.47 Å². The highest BCUT2D eigenvalue weighted by molar-refractivity contribution is 9.10. The normalized spacial score (nSPS) is 10.5. The molecular weight excluding hydrogens is 392 g/mol. The Bertz CT molecular complexity index is 848. The Morgan fingerprint density at radius 1 is 0.808 bits per heavy atom. The van der Waals surface area contributed by atoms with Gasteiger partial charge in [0.2, 0.25) is 0 Å². The second-order valence-corrected chi connectivity index (χ2v) is 6.73. The maximum atomic E-state index is 12.6. The summed E-state index contributed by atoms with van der Waals surface area (Å²) in [6.07, 6.45) is 0. The van der Waals surface area contributed by atoms with Gasteiger partial charge in [-0.2, -0.15) is 0 Å². The quantitative estimate of drug-likeness (QED) is 0.464. The second kappa shape index (κ2) is 9.32. The van der Waals surface area contributed by atoms with Crippen molar-refractivity contribution >= 4 is 21.7 Å². The summed E-state index contributed by atoms with van der Waals surface area (Å²) in [5, 5.41) is 0. The molecule has 26 heavy (non-hydrogen) atoms. The fraction of sp³-hybridized carbons (Fsp3) is 0.136. The molecule has 3 nitrogen and oxygen atoms in total. The van der Waals surface area contributed by atoms with Crippen molar-refractivity contribution in [3.05, 3.63) is 100 Å². The summed E-state index contributed by atoms with van der Waals surface area (Å²) in [5.74, 6) is 0.452. The van der Waals surface area contributed by atoms with Gasteiger partial charge < -0.3 is 9.47 Å². The summed E-state index contributed by atoms with van der Waals surface area (Å²) in [5.41, 5.74) is 2.61. The first-order valence-corrected chi connectivity index (χ1v) is 9.13. The lowest BCUT2D eigenvalue weighted by Gasteiger charge is -2.12. The third-order valence-electron chi connectivity index (χ3n) is 3.83. The zero-order valence-corrected chi connectivity index (χ0v) is 15.8. The maximum Gasteiger partial charge on any atom is 0.192 e. The molecule has 4 heteroatoms. The molecule has 0 aliphatic rings. The van der Waals surface area contributed by atoms with Crippen LogP contribution in [0, 0.1) is 0 Å². The van der Waals surface area contributed by atoms with Gasteiger partial charge in [-0.1, -0.05) is 76.6 Å². The number of ketones is 1. The van der Waals surface area contributed by atoms with Gasteiger partial charge in [0.05, 0.1) is 12.2 Å². The summed E-state index contributed by atoms with van der Waals surface area (Å²) in [7, 11) is 0. The van der Waals surface area contributed by atoms with Crippen molar-refractivity contribution in [2.24, 2.45) is 0 Å². The van der Waals surface area contributed by atoms with Crippen molar-refractivity contribution in [3.63, 3.8) is 0 Å². The number of hydrogen-bond donors (Lipinski definition) is 0. The Hall–Kier alpha value is -2.43. The molecule has 0 heterocycles. The first-order chi connectivity index (χ1) is 12.7. The zero-order chi connectivity index (χ0) is 18.2. The van der Waals surface area contributed by atoms with E-state index >= 15 is 0 Å². The van der Waals surface area contributed by atoms with E-state index in [9.17, 15) is 4.79 Å². The lowest BCUT2D eigenvalue weighted by Crippen LogP contribution is -2.11. The van der Waals surface area contributed by atoms with Gasteiger partial charge in [-0.25, -0.2) is 0 Å². The second-order valence-electron chi connectivity index (χ2n) is 5.82. The lowest BCUT2D eigenvalue weighted by molar-refractivity contribution is 0.0722. The first kappa shape index (κ1) is 18.4. The van der Waals surface area contributed by atoms with Gasteiger partial charge >= 0.3 is 0 Å². The van der Waals surface area contributed by atoms with Crippen molar-refractivity contribution in [2.45, 2.75) is 13.2 Å². The Balaban J connectivity index is 1.63. The summed E-state index contributed by atoms with van der Waals surface area (Å²) in [6, 6.07) is 25.1. The Morgan fingerprint density at radius 2 is 1.42 bits per heavy atom. The van der Waals surface area contributed by atoms with E-state index in [1.165, 1.54) is 0 Å². The molecule has 0 saturated heterocycles. The summed E-state index contributed by atoms with van der Waals surface area (Å²) >= 11 is 3.43. The molecule has 0 aromatic heterocycles. The van der Waals surface area contributed by atoms with Crippen LogP contribution in [0.3, 0.4) is 0 Å². The topological polar surface area (TPSA) is 35.5 Å². The Morgan fingerprint density at radius 3 is 2.08 bits per heavy atom. The van der Waals surface area contributed by atoms with Gasteiger partial charge in [-0.3, -0.25) is 4.79 Å². The minimum Gasteiger partial charge on any atom is -0.488 e. The van der Waals surface area contributed by atoms with E-state index in [1.807, 2.05) is 72.8 Å². The highest BCUT2D eigenvalue weighted by Crippen LogP contribution is 2.25. The molecule has 0 bridgehead atoms. The molecule has 0 aliphatic heterocycles. The van der Waals surface area contributed by atoms with Gasteiger partial charge in [0.1, 0.15) is 19.0 Å². The van der Waals surface area contributed by atoms with Crippen molar-refractivity contribution in [1.29, 1.82) is 0 Å². The van der Waals surface area contributed by atoms with Gasteiger partial charge in [-0.15, -0.1) is 0 Å². The number of carbonyl (C=O) groups is 1. The van der Waals surface area contributed by atoms with E-state index in [1.54, 1.807) is 6.07 Å². The maximum absolute atomic E-state index is 12.6. The van der Waals surface area contributed by atoms with Gasteiger partial charge in [0.15, 0.2) is 5.78 Å². The van der Waals surface area contributed by atoms with E-state index in [-0.39, 0.29) is 12.4 Å². The molecule has 0 amide bonds. The molecule has 0 radical (unpaired) electrons. The predicted octanol–water partition coefficient (Wildman–Crippen LogP) is 5.43. The van der Waals surface area contributed by atoms with E-state index in [2.05, 4.69) is 15.9 Å². The van der Waals surface area contributed by atoms with Crippen LogP contribution in [-0.2, 0) is 18.0 Å². The number of rotatable bonds is 8. The number of ether oxygens (including phenoxy) is 2. The van der Waals surface area contributed by atoms with Crippen LogP contribution < -0.4 is 4.74 Å². The molecule has 3 rings (SSSR count). The van der Waals surface area contributed by atoms with Crippen LogP contribution in [0.2, 0.25) is 0 Å². The zero-order valence-electron chi connectivity index (χ0n) is 14.2. The van der Waals surface area contributed by atoms with Gasteiger partial charge in [-0.05, 0) is 29.3 Å². The molecule has 0 atom stereocenters. The fourth-order valence-electron chi connectivity index (χ4n) is 2.49. The third-order valence-corrected chi connectivity index (χ3v) is 4.32. The minimum atomic E-state index is -0.100. The fourth-order valence-corrected chi connectivity index (χ4v) is 2.83. The lowest BCUT2D eigenvalue weighted by atomic mass is 10.1. The molecule has 132 valence electrons. The molecule has 0 fully saturated rings. The standard InChI is InChI=1S/C22H19BrO3/c23-19-11-12-20(21(24)16-25-14-17-7-3-1-4-8-17)22(13-19)26-15-18-9-5-2-6-10-18/h1-13H,14-16H2. The number of benzene rings is 3. The van der Waals surface area contributed by atoms with Crippen LogP contribution in [0.5, 0.6) is 5.75 Å². The van der Waals surface area contributed by atoms with Crippen molar-refractivity contribution < 1.29 is 14.3 Å². The number of carbonyl (C=O) groups excluding carboxylic acids is 1. The van der Waals surface area contributed by atoms with E-state index in [0.717, 1.165) is 15.6 Å². The molecule has 0 saturated carbocycles. The highest BCUT2D eigenvalue weighted by atomic mass is 79.9. The minimum absolute atomic E-state index is 0.0121. The molecule has 0 aliphatic carbocycles. The number of hydrogen-bond acceptors (Lipinski definition) is 3. The van der Waals surface area contributed by atoms with E-state index in [4.69, 9.17) is 9.47 Å². The predicted molar refractivity (Wildman–Crippen MR) is 105 cm³/mol. The average Bonchev–Trinajstić information content (AvgIpc) is 2.68. The summed E-state index contributed by atoms with van der Waals surface area (Å²) in [6.45, 7) is 0.823. The van der Waals surface area contributed by atoms with Crippen LogP contribution >= 0.6 is 15.9 Å². The summed E-state index contributed by atoms with van der Waals surface area (Å²) < 4.78 is 12.3. The summed E-state index contributed by atoms with van der Waals surface area (Å²) in [4.78, 5) is 12.6. The van der Waals surface area contributed by atoms with Crippen LogP contribution in [-0.4, -0.2) is 12.4 Å². The molecule has 0 unspecified atom stereocenters. The SMILES string of the molecule is O=C(COCc1ccccc1)c1ccc(Br)cc1OCc1ccccc1. The van der Waals surface area contributed by atoms with Crippen LogP contribution in [0.15, 0.2) is 83.3 Å². The molecular formula is C22H19BrO3. The van der Waals surface area contributed by atoms with Crippen molar-refractivity contribution in [2.75, 3.05) is 6.61 Å². The number of halogens is 1. The molecule has 3 aromatic carbocycles. The third kappa shape index (κ3) is 5.28. The average molecular weight is 411 g/mol. The van der Waals surface area contributed by atoms with E-state index in [0.29, 0.717) is 24.5 Å². The Labute approximate surface area is 161 Å². The van der Waals surface area contributed by atoms with Crippen LogP contribution in [0.1, 0.15) is 21.5 Å². The molecule has 0 spiro atoms. The van der Waals surface area contributed by atoms with Crippen LogP contribution in [0.4, 0.5) is 0 Å². The number of Topliss-reactive ketones (excluding diaryl/α,β-unsaturated/α-hetero) is 1. The molecule has 3 aromatic rings. The van der Waals surface area contributed by atoms with Crippen molar-refractivity contribution in [1.82, 2.24) is 0 Å². The molecule has 0 N–H and O–H groups in total. The van der Waals surface area contributed by atoms with Crippen LogP contribution in [0.25, 0.3) is 0 Å². The van der Waals surface area contributed by atoms with Gasteiger partial charge in [0.25, 0.3) is 0 Å². The first-order valence-electron chi connectivity index (χ1n) is 8.33. The largest absolute Gasteiger partial charge is 0.488 e. The Kier molecular flexibility index (Phi) is 6.58. The van der Waals surface area contributed by atoms with E-state index < -0.39 is 0 Å². The highest BCUT2D eigenvalue weighted by Gasteiger charge is 2.14. The smallest absolute Gasteiger partial charge is 0.192 e. The van der Waals surface area contributed by atoms with Crippen molar-refractivity contribution in [3.8, 4) is 5.75 Å².